The van der Waals surface area contributed by atoms with Gasteiger partial charge in [0.25, 0.3) is 5.91 Å². The topological polar surface area (TPSA) is 39.2 Å². The Labute approximate surface area is 156 Å². The van der Waals surface area contributed by atoms with Crippen molar-refractivity contribution in [2.75, 3.05) is 40.3 Å². The monoisotopic (exact) mass is 354 g/mol. The number of hydrogen-bond acceptors (Lipinski definition) is 4. The van der Waals surface area contributed by atoms with E-state index in [-0.39, 0.29) is 11.4 Å². The fourth-order valence-corrected chi connectivity index (χ4v) is 5.26. The molecule has 140 valence electrons. The number of carbonyl (C=O) groups excluding carboxylic acids is 1. The molecular formula is C21H30N4O. The van der Waals surface area contributed by atoms with Crippen molar-refractivity contribution in [3.05, 3.63) is 35.9 Å². The second-order valence-electron chi connectivity index (χ2n) is 8.57. The van der Waals surface area contributed by atoms with Crippen LogP contribution >= 0.6 is 0 Å². The number of hydrazone groups is 1. The van der Waals surface area contributed by atoms with Crippen LogP contribution in [0.1, 0.15) is 36.5 Å². The molecule has 2 aliphatic heterocycles. The molecule has 3 aliphatic rings. The van der Waals surface area contributed by atoms with Crippen molar-refractivity contribution in [2.45, 2.75) is 31.7 Å². The zero-order valence-corrected chi connectivity index (χ0v) is 16.2. The molecule has 1 spiro atoms. The molecule has 0 N–H and O–H groups in total. The molecule has 5 nitrogen and oxygen atoms in total. The number of hydrogen-bond donors (Lipinski definition) is 0. The summed E-state index contributed by atoms with van der Waals surface area (Å²) in [6.45, 7) is 6.55. The maximum atomic E-state index is 13.2. The average molecular weight is 354 g/mol. The first-order valence-electron chi connectivity index (χ1n) is 9.80. The fraction of sp³-hybridized carbons (Fsp3) is 0.619. The van der Waals surface area contributed by atoms with Crippen LogP contribution in [-0.2, 0) is 0 Å². The molecule has 2 fully saturated rings. The minimum atomic E-state index is -0.103. The van der Waals surface area contributed by atoms with Crippen molar-refractivity contribution in [3.63, 3.8) is 0 Å². The molecule has 1 aromatic carbocycles. The summed E-state index contributed by atoms with van der Waals surface area (Å²) < 4.78 is 0. The highest BCUT2D eigenvalue weighted by Gasteiger charge is 2.58. The molecule has 5 heteroatoms. The second kappa shape index (κ2) is 6.78. The number of likely N-dealkylation sites (tertiary alicyclic amines) is 1. The zero-order chi connectivity index (χ0) is 18.3. The number of nitrogens with zero attached hydrogens (tertiary/aromatic N) is 4. The van der Waals surface area contributed by atoms with Gasteiger partial charge in [0.15, 0.2) is 0 Å². The van der Waals surface area contributed by atoms with E-state index in [0.29, 0.717) is 11.8 Å². The van der Waals surface area contributed by atoms with Gasteiger partial charge in [0.2, 0.25) is 0 Å². The van der Waals surface area contributed by atoms with Crippen molar-refractivity contribution in [1.29, 1.82) is 0 Å². The van der Waals surface area contributed by atoms with E-state index in [9.17, 15) is 4.79 Å². The molecule has 0 radical (unpaired) electrons. The Morgan fingerprint density at radius 3 is 2.77 bits per heavy atom. The highest BCUT2D eigenvalue weighted by Crippen LogP contribution is 2.52. The molecule has 2 heterocycles. The molecule has 0 bridgehead atoms. The smallest absolute Gasteiger partial charge is 0.274 e. The molecule has 4 rings (SSSR count). The molecule has 0 aromatic heterocycles. The largest absolute Gasteiger partial charge is 0.308 e. The average Bonchev–Trinajstić information content (AvgIpc) is 3.28. The van der Waals surface area contributed by atoms with E-state index in [1.807, 2.05) is 35.3 Å². The number of carbonyl (C=O) groups is 1. The SMILES string of the molecule is CC1=NN(C(=O)c2ccccc2)[C@]2(CC[C@@H]3CN(CCN(C)C)C[C@H]32)C1. The lowest BCUT2D eigenvalue weighted by Gasteiger charge is -2.38. The van der Waals surface area contributed by atoms with Gasteiger partial charge in [0, 0.05) is 49.8 Å². The highest BCUT2D eigenvalue weighted by atomic mass is 16.2. The summed E-state index contributed by atoms with van der Waals surface area (Å²) in [5.74, 6) is 1.30. The molecule has 26 heavy (non-hydrogen) atoms. The minimum Gasteiger partial charge on any atom is -0.308 e. The fourth-order valence-electron chi connectivity index (χ4n) is 5.26. The summed E-state index contributed by atoms with van der Waals surface area (Å²) in [6, 6.07) is 9.63. The third-order valence-corrected chi connectivity index (χ3v) is 6.49. The first-order chi connectivity index (χ1) is 12.5. The van der Waals surface area contributed by atoms with Gasteiger partial charge in [-0.25, -0.2) is 5.01 Å². The Bertz CT molecular complexity index is 701. The molecule has 0 unspecified atom stereocenters. The summed E-state index contributed by atoms with van der Waals surface area (Å²) in [5, 5.41) is 6.61. The number of likely N-dealkylation sites (N-methyl/N-ethyl adjacent to an activating group) is 1. The van der Waals surface area contributed by atoms with Gasteiger partial charge >= 0.3 is 0 Å². The van der Waals surface area contributed by atoms with E-state index in [2.05, 4.69) is 30.8 Å². The van der Waals surface area contributed by atoms with Crippen LogP contribution in [0, 0.1) is 11.8 Å². The molecule has 1 saturated heterocycles. The Balaban J connectivity index is 1.56. The number of benzene rings is 1. The van der Waals surface area contributed by atoms with Crippen molar-refractivity contribution >= 4 is 11.6 Å². The molecule has 1 aromatic rings. The second-order valence-corrected chi connectivity index (χ2v) is 8.57. The Morgan fingerprint density at radius 1 is 1.27 bits per heavy atom. The van der Waals surface area contributed by atoms with E-state index < -0.39 is 0 Å². The Morgan fingerprint density at radius 2 is 2.04 bits per heavy atom. The summed E-state index contributed by atoms with van der Waals surface area (Å²) in [7, 11) is 4.26. The molecule has 3 atom stereocenters. The standard InChI is InChI=1S/C21H30N4O/c1-16-13-21(25(22-16)20(26)17-7-5-4-6-8-17)10-9-18-14-24(15-19(18)21)12-11-23(2)3/h4-8,18-19H,9-15H2,1-3H3/t18-,19-,21-/m1/s1. The van der Waals surface area contributed by atoms with Crippen molar-refractivity contribution in [1.82, 2.24) is 14.8 Å². The number of fused-ring (bicyclic) bond motifs is 2. The van der Waals surface area contributed by atoms with Gasteiger partial charge in [0.05, 0.1) is 5.54 Å². The van der Waals surface area contributed by atoms with Gasteiger partial charge in [-0.2, -0.15) is 5.10 Å². The van der Waals surface area contributed by atoms with Gasteiger partial charge in [-0.1, -0.05) is 18.2 Å². The van der Waals surface area contributed by atoms with Crippen molar-refractivity contribution in [3.8, 4) is 0 Å². The van der Waals surface area contributed by atoms with Crippen molar-refractivity contribution in [2.24, 2.45) is 16.9 Å². The van der Waals surface area contributed by atoms with Crippen LogP contribution in [-0.4, -0.2) is 72.2 Å². The third kappa shape index (κ3) is 2.97. The van der Waals surface area contributed by atoms with Gasteiger partial charge in [0.1, 0.15) is 0 Å². The van der Waals surface area contributed by atoms with Crippen LogP contribution in [0.2, 0.25) is 0 Å². The normalized spacial score (nSPS) is 31.1. The van der Waals surface area contributed by atoms with Crippen LogP contribution in [0.4, 0.5) is 0 Å². The van der Waals surface area contributed by atoms with Crippen LogP contribution in [0.25, 0.3) is 0 Å². The molecule has 1 amide bonds. The lowest BCUT2D eigenvalue weighted by molar-refractivity contribution is 0.0418. The van der Waals surface area contributed by atoms with Crippen molar-refractivity contribution < 1.29 is 4.79 Å². The quantitative estimate of drug-likeness (QED) is 0.834. The predicted molar refractivity (Wildman–Crippen MR) is 104 cm³/mol. The molecule has 1 saturated carbocycles. The molecule has 1 aliphatic carbocycles. The third-order valence-electron chi connectivity index (χ3n) is 6.49. The maximum Gasteiger partial charge on any atom is 0.274 e. The minimum absolute atomic E-state index is 0.0647. The van der Waals surface area contributed by atoms with Crippen LogP contribution < -0.4 is 0 Å². The van der Waals surface area contributed by atoms with E-state index in [4.69, 9.17) is 5.10 Å². The first-order valence-corrected chi connectivity index (χ1v) is 9.80. The highest BCUT2D eigenvalue weighted by molar-refractivity contribution is 5.98. The summed E-state index contributed by atoms with van der Waals surface area (Å²) in [4.78, 5) is 18.1. The predicted octanol–water partition coefficient (Wildman–Crippen LogP) is 2.55. The summed E-state index contributed by atoms with van der Waals surface area (Å²) >= 11 is 0. The van der Waals surface area contributed by atoms with Gasteiger partial charge in [-0.3, -0.25) is 4.79 Å². The lowest BCUT2D eigenvalue weighted by atomic mass is 9.81. The van der Waals surface area contributed by atoms with Crippen LogP contribution in [0.15, 0.2) is 35.4 Å². The van der Waals surface area contributed by atoms with Crippen LogP contribution in [0.5, 0.6) is 0 Å². The maximum absolute atomic E-state index is 13.2. The number of rotatable bonds is 4. The zero-order valence-electron chi connectivity index (χ0n) is 16.2. The first kappa shape index (κ1) is 17.7. The van der Waals surface area contributed by atoms with E-state index >= 15 is 0 Å². The Kier molecular flexibility index (Phi) is 4.61. The summed E-state index contributed by atoms with van der Waals surface area (Å²) in [6.07, 6.45) is 3.24. The molecular weight excluding hydrogens is 324 g/mol. The summed E-state index contributed by atoms with van der Waals surface area (Å²) in [5.41, 5.74) is 1.74. The van der Waals surface area contributed by atoms with Gasteiger partial charge in [-0.05, 0) is 51.9 Å². The van der Waals surface area contributed by atoms with E-state index in [0.717, 1.165) is 43.8 Å². The Hall–Kier alpha value is -1.72. The van der Waals surface area contributed by atoms with Crippen LogP contribution in [0.3, 0.4) is 0 Å². The lowest BCUT2D eigenvalue weighted by Crippen LogP contribution is -2.50. The number of amides is 1. The van der Waals surface area contributed by atoms with Gasteiger partial charge in [-0.15, -0.1) is 0 Å². The van der Waals surface area contributed by atoms with E-state index in [1.54, 1.807) is 0 Å². The van der Waals surface area contributed by atoms with E-state index in [1.165, 1.54) is 13.0 Å². The van der Waals surface area contributed by atoms with Gasteiger partial charge < -0.3 is 9.80 Å².